The predicted octanol–water partition coefficient (Wildman–Crippen LogP) is 2.55. The van der Waals surface area contributed by atoms with E-state index in [2.05, 4.69) is 25.2 Å². The molecule has 26 heavy (non-hydrogen) atoms. The number of piperidine rings is 1. The van der Waals surface area contributed by atoms with Crippen LogP contribution in [0.15, 0.2) is 42.9 Å². The first-order valence-electron chi connectivity index (χ1n) is 8.44. The van der Waals surface area contributed by atoms with Crippen LogP contribution < -0.4 is 16.0 Å². The Morgan fingerprint density at radius 1 is 1.19 bits per heavy atom. The molecule has 3 heterocycles. The van der Waals surface area contributed by atoms with Crippen molar-refractivity contribution in [2.24, 2.45) is 5.73 Å². The van der Waals surface area contributed by atoms with Crippen LogP contribution >= 0.6 is 11.6 Å². The molecule has 2 aromatic heterocycles. The van der Waals surface area contributed by atoms with Crippen LogP contribution in [-0.4, -0.2) is 39.5 Å². The van der Waals surface area contributed by atoms with Crippen molar-refractivity contribution in [1.29, 1.82) is 0 Å². The van der Waals surface area contributed by atoms with Crippen LogP contribution in [0.2, 0.25) is 5.02 Å². The molecule has 1 amide bonds. The fraction of sp³-hybridized carbons (Fsp3) is 0.278. The molecular weight excluding hydrogens is 352 g/mol. The second-order valence-electron chi connectivity index (χ2n) is 6.54. The molecule has 0 unspecified atom stereocenters. The molecular formula is C18H19ClN6O. The highest BCUT2D eigenvalue weighted by molar-refractivity contribution is 6.30. The lowest BCUT2D eigenvalue weighted by atomic mass is 9.87. The number of fused-ring (bicyclic) bond motifs is 1. The van der Waals surface area contributed by atoms with Gasteiger partial charge in [-0.15, -0.1) is 0 Å². The number of benzene rings is 1. The summed E-state index contributed by atoms with van der Waals surface area (Å²) in [4.78, 5) is 26.5. The second kappa shape index (κ2) is 6.59. The van der Waals surface area contributed by atoms with Crippen molar-refractivity contribution < 1.29 is 4.79 Å². The van der Waals surface area contributed by atoms with Crippen molar-refractivity contribution >= 4 is 40.0 Å². The smallest absolute Gasteiger partial charge is 0.244 e. The summed E-state index contributed by atoms with van der Waals surface area (Å²) in [5, 5.41) is 4.49. The van der Waals surface area contributed by atoms with Gasteiger partial charge in [-0.3, -0.25) is 4.79 Å². The monoisotopic (exact) mass is 370 g/mol. The first kappa shape index (κ1) is 16.8. The van der Waals surface area contributed by atoms with Gasteiger partial charge in [0.1, 0.15) is 17.8 Å². The Morgan fingerprint density at radius 3 is 2.65 bits per heavy atom. The number of carbonyl (C=O) groups is 1. The molecule has 0 spiro atoms. The zero-order chi connectivity index (χ0) is 18.1. The van der Waals surface area contributed by atoms with Gasteiger partial charge in [0.05, 0.1) is 10.9 Å². The first-order valence-corrected chi connectivity index (χ1v) is 8.82. The standard InChI is InChI=1S/C18H19ClN6O/c19-12-1-3-13(4-2-12)24-17(26)18(20)6-9-25(10-7-18)16-14-5-8-21-15(14)22-11-23-16/h1-5,8,11H,6-7,9-10,20H2,(H,24,26)(H,21,22,23). The van der Waals surface area contributed by atoms with Crippen molar-refractivity contribution in [1.82, 2.24) is 15.0 Å². The number of carbonyl (C=O) groups excluding carboxylic acids is 1. The zero-order valence-corrected chi connectivity index (χ0v) is 14.8. The molecule has 4 rings (SSSR count). The van der Waals surface area contributed by atoms with E-state index in [0.29, 0.717) is 36.6 Å². The third kappa shape index (κ3) is 3.11. The summed E-state index contributed by atoms with van der Waals surface area (Å²) in [6.45, 7) is 1.31. The number of nitrogens with two attached hydrogens (primary N) is 1. The summed E-state index contributed by atoms with van der Waals surface area (Å²) in [6, 6.07) is 8.97. The van der Waals surface area contributed by atoms with Gasteiger partial charge in [0.2, 0.25) is 5.91 Å². The Bertz CT molecular complexity index is 930. The number of anilines is 2. The topological polar surface area (TPSA) is 99.9 Å². The summed E-state index contributed by atoms with van der Waals surface area (Å²) in [5.41, 5.74) is 7.00. The second-order valence-corrected chi connectivity index (χ2v) is 6.98. The van der Waals surface area contributed by atoms with Crippen LogP contribution in [0, 0.1) is 0 Å². The lowest BCUT2D eigenvalue weighted by Gasteiger charge is -2.38. The number of rotatable bonds is 3. The quantitative estimate of drug-likeness (QED) is 0.657. The van der Waals surface area contributed by atoms with Crippen molar-refractivity contribution in [3.63, 3.8) is 0 Å². The Morgan fingerprint density at radius 2 is 1.92 bits per heavy atom. The van der Waals surface area contributed by atoms with Gasteiger partial charge in [-0.1, -0.05) is 11.6 Å². The summed E-state index contributed by atoms with van der Waals surface area (Å²) in [7, 11) is 0. The van der Waals surface area contributed by atoms with Crippen LogP contribution in [0.5, 0.6) is 0 Å². The molecule has 0 radical (unpaired) electrons. The summed E-state index contributed by atoms with van der Waals surface area (Å²) in [5.74, 6) is 0.699. The number of nitrogens with zero attached hydrogens (tertiary/aromatic N) is 3. The molecule has 0 aliphatic carbocycles. The molecule has 1 aliphatic rings. The number of halogens is 1. The molecule has 0 bridgehead atoms. The molecule has 1 aliphatic heterocycles. The molecule has 1 fully saturated rings. The molecule has 7 nitrogen and oxygen atoms in total. The van der Waals surface area contributed by atoms with Gasteiger partial charge in [0.25, 0.3) is 0 Å². The van der Waals surface area contributed by atoms with E-state index < -0.39 is 5.54 Å². The highest BCUT2D eigenvalue weighted by atomic mass is 35.5. The predicted molar refractivity (Wildman–Crippen MR) is 102 cm³/mol. The Labute approximate surface area is 155 Å². The highest BCUT2D eigenvalue weighted by Gasteiger charge is 2.38. The maximum atomic E-state index is 12.7. The van der Waals surface area contributed by atoms with Crippen LogP contribution in [0.1, 0.15) is 12.8 Å². The minimum Gasteiger partial charge on any atom is -0.356 e. The van der Waals surface area contributed by atoms with Crippen LogP contribution in [0.4, 0.5) is 11.5 Å². The largest absolute Gasteiger partial charge is 0.356 e. The van der Waals surface area contributed by atoms with E-state index >= 15 is 0 Å². The van der Waals surface area contributed by atoms with Gasteiger partial charge in [-0.25, -0.2) is 9.97 Å². The average molecular weight is 371 g/mol. The van der Waals surface area contributed by atoms with Gasteiger partial charge in [-0.2, -0.15) is 0 Å². The van der Waals surface area contributed by atoms with Crippen molar-refractivity contribution in [2.45, 2.75) is 18.4 Å². The van der Waals surface area contributed by atoms with Gasteiger partial charge in [-0.05, 0) is 43.2 Å². The Hall–Kier alpha value is -2.64. The normalized spacial score (nSPS) is 16.6. The third-order valence-corrected chi connectivity index (χ3v) is 5.09. The van der Waals surface area contributed by atoms with Crippen molar-refractivity contribution in [3.8, 4) is 0 Å². The number of hydrogen-bond donors (Lipinski definition) is 3. The number of H-pyrrole nitrogens is 1. The zero-order valence-electron chi connectivity index (χ0n) is 14.1. The third-order valence-electron chi connectivity index (χ3n) is 4.84. The molecule has 134 valence electrons. The molecule has 4 N–H and O–H groups in total. The summed E-state index contributed by atoms with van der Waals surface area (Å²) in [6.07, 6.45) is 4.48. The number of amides is 1. The van der Waals surface area contributed by atoms with E-state index in [9.17, 15) is 4.79 Å². The minimum absolute atomic E-state index is 0.172. The van der Waals surface area contributed by atoms with Gasteiger partial charge < -0.3 is 20.9 Å². The number of nitrogens with one attached hydrogen (secondary N) is 2. The Balaban J connectivity index is 1.45. The van der Waals surface area contributed by atoms with E-state index in [0.717, 1.165) is 16.9 Å². The average Bonchev–Trinajstić information content (AvgIpc) is 3.13. The van der Waals surface area contributed by atoms with E-state index in [-0.39, 0.29) is 5.91 Å². The highest BCUT2D eigenvalue weighted by Crippen LogP contribution is 2.28. The maximum absolute atomic E-state index is 12.7. The molecule has 1 saturated heterocycles. The van der Waals surface area contributed by atoms with Crippen LogP contribution in [-0.2, 0) is 4.79 Å². The van der Waals surface area contributed by atoms with Crippen molar-refractivity contribution in [3.05, 3.63) is 47.9 Å². The maximum Gasteiger partial charge on any atom is 0.244 e. The minimum atomic E-state index is -0.902. The molecule has 3 aromatic rings. The molecule has 8 heteroatoms. The first-order chi connectivity index (χ1) is 12.5. The lowest BCUT2D eigenvalue weighted by molar-refractivity contribution is -0.121. The lowest BCUT2D eigenvalue weighted by Crippen LogP contribution is -2.58. The number of hydrogen-bond acceptors (Lipinski definition) is 5. The SMILES string of the molecule is NC1(C(=O)Nc2ccc(Cl)cc2)CCN(c2ncnc3[nH]ccc23)CC1. The fourth-order valence-electron chi connectivity index (χ4n) is 3.24. The number of aromatic nitrogens is 3. The summed E-state index contributed by atoms with van der Waals surface area (Å²) >= 11 is 5.88. The Kier molecular flexibility index (Phi) is 4.26. The van der Waals surface area contributed by atoms with Gasteiger partial charge in [0.15, 0.2) is 0 Å². The fourth-order valence-corrected chi connectivity index (χ4v) is 3.37. The molecule has 0 saturated carbocycles. The molecule has 0 atom stereocenters. The van der Waals surface area contributed by atoms with E-state index in [1.54, 1.807) is 30.6 Å². The van der Waals surface area contributed by atoms with Gasteiger partial charge >= 0.3 is 0 Å². The van der Waals surface area contributed by atoms with Crippen LogP contribution in [0.25, 0.3) is 11.0 Å². The van der Waals surface area contributed by atoms with Crippen molar-refractivity contribution in [2.75, 3.05) is 23.3 Å². The number of aromatic amines is 1. The van der Waals surface area contributed by atoms with E-state index in [1.165, 1.54) is 0 Å². The van der Waals surface area contributed by atoms with E-state index in [4.69, 9.17) is 17.3 Å². The molecule has 1 aromatic carbocycles. The van der Waals surface area contributed by atoms with Crippen LogP contribution in [0.3, 0.4) is 0 Å². The van der Waals surface area contributed by atoms with E-state index in [1.807, 2.05) is 12.3 Å². The summed E-state index contributed by atoms with van der Waals surface area (Å²) < 4.78 is 0. The van der Waals surface area contributed by atoms with Gasteiger partial charge in [0, 0.05) is 30.0 Å².